The maximum absolute atomic E-state index is 9.92. The van der Waals surface area contributed by atoms with Crippen LogP contribution in [0.5, 0.6) is 5.75 Å². The van der Waals surface area contributed by atoms with E-state index >= 15 is 0 Å². The van der Waals surface area contributed by atoms with Gasteiger partial charge in [-0.05, 0) is 48.7 Å². The largest absolute Gasteiger partial charge is 0.493 e. The Morgan fingerprint density at radius 2 is 1.95 bits per heavy atom. The van der Waals surface area contributed by atoms with E-state index < -0.39 is 0 Å². The molecule has 2 aromatic rings. The number of halogens is 1. The molecule has 1 heterocycles. The summed E-state index contributed by atoms with van der Waals surface area (Å²) in [6, 6.07) is 11.6. The van der Waals surface area contributed by atoms with E-state index in [1.165, 1.54) is 0 Å². The highest BCUT2D eigenvalue weighted by Crippen LogP contribution is 2.16. The molecule has 3 nitrogen and oxygen atoms in total. The van der Waals surface area contributed by atoms with Gasteiger partial charge in [0.2, 0.25) is 0 Å². The van der Waals surface area contributed by atoms with E-state index in [9.17, 15) is 5.11 Å². The van der Waals surface area contributed by atoms with E-state index in [4.69, 9.17) is 4.74 Å². The fraction of sp³-hybridized carbons (Fsp3) is 0.312. The Morgan fingerprint density at radius 1 is 1.15 bits per heavy atom. The van der Waals surface area contributed by atoms with Crippen molar-refractivity contribution in [3.05, 3.63) is 58.8 Å². The van der Waals surface area contributed by atoms with Crippen LogP contribution in [0.3, 0.4) is 0 Å². The van der Waals surface area contributed by atoms with Gasteiger partial charge in [-0.3, -0.25) is 4.98 Å². The van der Waals surface area contributed by atoms with Gasteiger partial charge in [-0.1, -0.05) is 22.0 Å². The Labute approximate surface area is 127 Å². The minimum atomic E-state index is -0.342. The molecule has 0 amide bonds. The highest BCUT2D eigenvalue weighted by molar-refractivity contribution is 9.10. The molecule has 0 radical (unpaired) electrons. The molecule has 1 atom stereocenters. The SMILES string of the molecule is OC(CCOc1ccc(Br)cc1)CCc1cccnc1. The minimum absolute atomic E-state index is 0.342. The molecule has 0 saturated carbocycles. The van der Waals surface area contributed by atoms with Gasteiger partial charge in [0, 0.05) is 23.3 Å². The molecule has 0 spiro atoms. The lowest BCUT2D eigenvalue weighted by molar-refractivity contribution is 0.131. The summed E-state index contributed by atoms with van der Waals surface area (Å²) in [5, 5.41) is 9.92. The lowest BCUT2D eigenvalue weighted by Gasteiger charge is -2.11. The normalized spacial score (nSPS) is 12.1. The van der Waals surface area contributed by atoms with Gasteiger partial charge in [0.15, 0.2) is 0 Å². The van der Waals surface area contributed by atoms with Gasteiger partial charge in [0.25, 0.3) is 0 Å². The molecule has 0 bridgehead atoms. The quantitative estimate of drug-likeness (QED) is 0.840. The van der Waals surface area contributed by atoms with Gasteiger partial charge in [-0.15, -0.1) is 0 Å². The van der Waals surface area contributed by atoms with Crippen LogP contribution < -0.4 is 4.74 Å². The fourth-order valence-corrected chi connectivity index (χ4v) is 2.13. The van der Waals surface area contributed by atoms with Crippen molar-refractivity contribution in [2.45, 2.75) is 25.4 Å². The van der Waals surface area contributed by atoms with Crippen LogP contribution in [-0.4, -0.2) is 22.8 Å². The molecule has 2 rings (SSSR count). The summed E-state index contributed by atoms with van der Waals surface area (Å²) in [5.74, 6) is 0.827. The zero-order valence-electron chi connectivity index (χ0n) is 11.2. The molecule has 0 fully saturated rings. The number of aryl methyl sites for hydroxylation is 1. The average molecular weight is 336 g/mol. The number of benzene rings is 1. The first kappa shape index (κ1) is 15.0. The first-order valence-electron chi connectivity index (χ1n) is 6.69. The van der Waals surface area contributed by atoms with Crippen molar-refractivity contribution in [2.75, 3.05) is 6.61 Å². The molecule has 106 valence electrons. The Bertz CT molecular complexity index is 502. The Morgan fingerprint density at radius 3 is 2.65 bits per heavy atom. The summed E-state index contributed by atoms with van der Waals surface area (Å²) in [6.45, 7) is 0.524. The van der Waals surface area contributed by atoms with Crippen LogP contribution in [0.1, 0.15) is 18.4 Å². The van der Waals surface area contributed by atoms with Gasteiger partial charge in [-0.25, -0.2) is 0 Å². The second-order valence-corrected chi connectivity index (χ2v) is 5.56. The third kappa shape index (κ3) is 5.31. The second kappa shape index (κ2) is 8.02. The number of rotatable bonds is 7. The summed E-state index contributed by atoms with van der Waals surface area (Å²) < 4.78 is 6.62. The third-order valence-electron chi connectivity index (χ3n) is 3.02. The molecule has 1 aromatic heterocycles. The van der Waals surface area contributed by atoms with E-state index in [-0.39, 0.29) is 6.10 Å². The van der Waals surface area contributed by atoms with Crippen LogP contribution in [0.4, 0.5) is 0 Å². The standard InChI is InChI=1S/C16H18BrNO2/c17-14-4-7-16(8-5-14)20-11-9-15(19)6-3-13-2-1-10-18-12-13/h1-2,4-5,7-8,10,12,15,19H,3,6,9,11H2. The molecular formula is C16H18BrNO2. The van der Waals surface area contributed by atoms with E-state index in [0.29, 0.717) is 13.0 Å². The molecular weight excluding hydrogens is 318 g/mol. The minimum Gasteiger partial charge on any atom is -0.493 e. The van der Waals surface area contributed by atoms with Crippen molar-refractivity contribution >= 4 is 15.9 Å². The Hall–Kier alpha value is -1.39. The molecule has 20 heavy (non-hydrogen) atoms. The molecule has 1 unspecified atom stereocenters. The molecule has 0 aliphatic heterocycles. The maximum atomic E-state index is 9.92. The number of aliphatic hydroxyl groups excluding tert-OH is 1. The third-order valence-corrected chi connectivity index (χ3v) is 3.55. The number of hydrogen-bond donors (Lipinski definition) is 1. The summed E-state index contributed by atoms with van der Waals surface area (Å²) >= 11 is 3.38. The first-order valence-corrected chi connectivity index (χ1v) is 7.48. The lowest BCUT2D eigenvalue weighted by atomic mass is 10.1. The monoisotopic (exact) mass is 335 g/mol. The molecule has 0 saturated heterocycles. The van der Waals surface area contributed by atoms with Crippen LogP contribution >= 0.6 is 15.9 Å². The molecule has 1 N–H and O–H groups in total. The van der Waals surface area contributed by atoms with Crippen LogP contribution in [-0.2, 0) is 6.42 Å². The van der Waals surface area contributed by atoms with Gasteiger partial charge < -0.3 is 9.84 Å². The zero-order chi connectivity index (χ0) is 14.2. The summed E-state index contributed by atoms with van der Waals surface area (Å²) in [4.78, 5) is 4.06. The average Bonchev–Trinajstić information content (AvgIpc) is 2.48. The first-order chi connectivity index (χ1) is 9.74. The second-order valence-electron chi connectivity index (χ2n) is 4.64. The number of aliphatic hydroxyl groups is 1. The maximum Gasteiger partial charge on any atom is 0.119 e. The topological polar surface area (TPSA) is 42.4 Å². The van der Waals surface area contributed by atoms with Crippen molar-refractivity contribution in [1.29, 1.82) is 0 Å². The molecule has 4 heteroatoms. The van der Waals surface area contributed by atoms with Crippen molar-refractivity contribution in [1.82, 2.24) is 4.98 Å². The fourth-order valence-electron chi connectivity index (χ4n) is 1.87. The van der Waals surface area contributed by atoms with Gasteiger partial charge in [0.1, 0.15) is 5.75 Å². The number of nitrogens with zero attached hydrogens (tertiary/aromatic N) is 1. The van der Waals surface area contributed by atoms with Crippen LogP contribution in [0.2, 0.25) is 0 Å². The molecule has 0 aliphatic carbocycles. The summed E-state index contributed by atoms with van der Waals surface area (Å²) in [7, 11) is 0. The molecule has 0 aliphatic rings. The number of aromatic nitrogens is 1. The van der Waals surface area contributed by atoms with E-state index in [2.05, 4.69) is 20.9 Å². The van der Waals surface area contributed by atoms with E-state index in [1.54, 1.807) is 6.20 Å². The molecule has 1 aromatic carbocycles. The summed E-state index contributed by atoms with van der Waals surface area (Å²) in [5.41, 5.74) is 1.15. The van der Waals surface area contributed by atoms with Crippen molar-refractivity contribution in [2.24, 2.45) is 0 Å². The van der Waals surface area contributed by atoms with E-state index in [1.807, 2.05) is 42.6 Å². The Kier molecular flexibility index (Phi) is 6.02. The highest BCUT2D eigenvalue weighted by Gasteiger charge is 2.05. The van der Waals surface area contributed by atoms with Crippen molar-refractivity contribution in [3.8, 4) is 5.75 Å². The van der Waals surface area contributed by atoms with Gasteiger partial charge in [-0.2, -0.15) is 0 Å². The number of pyridine rings is 1. The summed E-state index contributed by atoms with van der Waals surface area (Å²) in [6.07, 6.45) is 5.46. The Balaban J connectivity index is 1.65. The van der Waals surface area contributed by atoms with Gasteiger partial charge >= 0.3 is 0 Å². The predicted molar refractivity (Wildman–Crippen MR) is 82.8 cm³/mol. The zero-order valence-corrected chi connectivity index (χ0v) is 12.8. The smallest absolute Gasteiger partial charge is 0.119 e. The van der Waals surface area contributed by atoms with Crippen molar-refractivity contribution in [3.63, 3.8) is 0 Å². The lowest BCUT2D eigenvalue weighted by Crippen LogP contribution is -2.13. The highest BCUT2D eigenvalue weighted by atomic mass is 79.9. The van der Waals surface area contributed by atoms with Gasteiger partial charge in [0.05, 0.1) is 12.7 Å². The van der Waals surface area contributed by atoms with Crippen LogP contribution in [0.15, 0.2) is 53.3 Å². The van der Waals surface area contributed by atoms with Crippen LogP contribution in [0.25, 0.3) is 0 Å². The van der Waals surface area contributed by atoms with Crippen LogP contribution in [0, 0.1) is 0 Å². The predicted octanol–water partition coefficient (Wildman–Crippen LogP) is 3.61. The number of ether oxygens (including phenoxy) is 1. The van der Waals surface area contributed by atoms with Crippen molar-refractivity contribution < 1.29 is 9.84 Å². The van der Waals surface area contributed by atoms with E-state index in [0.717, 1.165) is 28.6 Å². The number of hydrogen-bond acceptors (Lipinski definition) is 3.